The summed E-state index contributed by atoms with van der Waals surface area (Å²) in [6.45, 7) is 1.82. The fourth-order valence-electron chi connectivity index (χ4n) is 2.15. The Bertz CT molecular complexity index is 887. The van der Waals surface area contributed by atoms with Crippen molar-refractivity contribution in [2.24, 2.45) is 0 Å². The van der Waals surface area contributed by atoms with Crippen molar-refractivity contribution in [2.45, 2.75) is 13.5 Å². The highest BCUT2D eigenvalue weighted by Crippen LogP contribution is 2.19. The molecule has 1 amide bonds. The third kappa shape index (κ3) is 3.51. The highest BCUT2D eigenvalue weighted by molar-refractivity contribution is 7.13. The predicted octanol–water partition coefficient (Wildman–Crippen LogP) is 2.31. The molecule has 0 atom stereocenters. The van der Waals surface area contributed by atoms with Gasteiger partial charge in [-0.2, -0.15) is 5.10 Å². The molecule has 0 unspecified atom stereocenters. The van der Waals surface area contributed by atoms with Crippen molar-refractivity contribution in [2.75, 3.05) is 5.32 Å². The average Bonchev–Trinajstić information content (AvgIpc) is 3.03. The number of benzene rings is 1. The van der Waals surface area contributed by atoms with Crippen molar-refractivity contribution in [1.82, 2.24) is 14.8 Å². The summed E-state index contributed by atoms with van der Waals surface area (Å²) in [5.74, 6) is -0.337. The molecule has 1 N–H and O–H groups in total. The van der Waals surface area contributed by atoms with E-state index in [0.717, 1.165) is 15.8 Å². The quantitative estimate of drug-likeness (QED) is 0.798. The minimum atomic E-state index is -0.337. The third-order valence-corrected chi connectivity index (χ3v) is 3.95. The van der Waals surface area contributed by atoms with Crippen molar-refractivity contribution in [1.29, 1.82) is 0 Å². The smallest absolute Gasteiger partial charge is 0.267 e. The van der Waals surface area contributed by atoms with Crippen molar-refractivity contribution < 1.29 is 4.79 Å². The van der Waals surface area contributed by atoms with Crippen LogP contribution in [0.15, 0.2) is 52.8 Å². The monoisotopic (exact) mass is 326 g/mol. The summed E-state index contributed by atoms with van der Waals surface area (Å²) in [6.07, 6.45) is 1.60. The standard InChI is InChI=1S/C16H14N4O2S/c1-11-4-2-3-5-12(11)13-6-7-15(22)20(19-13)10-14(21)18-16-17-8-9-23-16/h2-9H,10H2,1H3,(H,17,18,21). The Morgan fingerprint density at radius 1 is 1.26 bits per heavy atom. The first-order chi connectivity index (χ1) is 11.1. The molecule has 0 radical (unpaired) electrons. The van der Waals surface area contributed by atoms with E-state index in [4.69, 9.17) is 0 Å². The Balaban J connectivity index is 1.85. The Morgan fingerprint density at radius 2 is 2.09 bits per heavy atom. The molecule has 0 aliphatic heterocycles. The van der Waals surface area contributed by atoms with E-state index in [1.54, 1.807) is 17.6 Å². The van der Waals surface area contributed by atoms with E-state index >= 15 is 0 Å². The molecule has 0 saturated carbocycles. The Labute approximate surface area is 136 Å². The molecular formula is C16H14N4O2S. The van der Waals surface area contributed by atoms with Crippen LogP contribution in [0.4, 0.5) is 5.13 Å². The molecular weight excluding hydrogens is 312 g/mol. The van der Waals surface area contributed by atoms with E-state index in [1.165, 1.54) is 17.4 Å². The van der Waals surface area contributed by atoms with Gasteiger partial charge in [-0.15, -0.1) is 11.3 Å². The number of aromatic nitrogens is 3. The average molecular weight is 326 g/mol. The van der Waals surface area contributed by atoms with E-state index in [1.807, 2.05) is 31.2 Å². The van der Waals surface area contributed by atoms with Crippen LogP contribution in [0.25, 0.3) is 11.3 Å². The van der Waals surface area contributed by atoms with Gasteiger partial charge in [-0.1, -0.05) is 24.3 Å². The molecule has 3 rings (SSSR count). The molecule has 23 heavy (non-hydrogen) atoms. The van der Waals surface area contributed by atoms with Crippen molar-refractivity contribution in [3.63, 3.8) is 0 Å². The molecule has 2 aromatic heterocycles. The number of carbonyl (C=O) groups is 1. The molecule has 116 valence electrons. The first kappa shape index (κ1) is 15.1. The highest BCUT2D eigenvalue weighted by Gasteiger charge is 2.10. The fraction of sp³-hybridized carbons (Fsp3) is 0.125. The molecule has 0 aliphatic carbocycles. The number of hydrogen-bond donors (Lipinski definition) is 1. The van der Waals surface area contributed by atoms with Crippen LogP contribution in [0, 0.1) is 6.92 Å². The lowest BCUT2D eigenvalue weighted by molar-refractivity contribution is -0.117. The van der Waals surface area contributed by atoms with Gasteiger partial charge >= 0.3 is 0 Å². The first-order valence-corrected chi connectivity index (χ1v) is 7.85. The number of amides is 1. The summed E-state index contributed by atoms with van der Waals surface area (Å²) >= 11 is 1.32. The van der Waals surface area contributed by atoms with E-state index in [-0.39, 0.29) is 18.0 Å². The lowest BCUT2D eigenvalue weighted by Gasteiger charge is -2.08. The van der Waals surface area contributed by atoms with Gasteiger partial charge < -0.3 is 5.32 Å². The lowest BCUT2D eigenvalue weighted by Crippen LogP contribution is -2.29. The maximum Gasteiger partial charge on any atom is 0.267 e. The van der Waals surface area contributed by atoms with Crippen LogP contribution >= 0.6 is 11.3 Å². The van der Waals surface area contributed by atoms with Gasteiger partial charge in [0.2, 0.25) is 5.91 Å². The first-order valence-electron chi connectivity index (χ1n) is 6.97. The zero-order chi connectivity index (χ0) is 16.2. The number of hydrogen-bond acceptors (Lipinski definition) is 5. The molecule has 7 heteroatoms. The van der Waals surface area contributed by atoms with Gasteiger partial charge in [-0.05, 0) is 18.6 Å². The largest absolute Gasteiger partial charge is 0.300 e. The molecule has 3 aromatic rings. The zero-order valence-corrected chi connectivity index (χ0v) is 13.2. The van der Waals surface area contributed by atoms with Crippen LogP contribution in [0.2, 0.25) is 0 Å². The molecule has 0 bridgehead atoms. The maximum atomic E-state index is 12.0. The number of nitrogens with zero attached hydrogens (tertiary/aromatic N) is 3. The van der Waals surface area contributed by atoms with E-state index in [9.17, 15) is 9.59 Å². The van der Waals surface area contributed by atoms with Gasteiger partial charge in [0.1, 0.15) is 6.54 Å². The van der Waals surface area contributed by atoms with Gasteiger partial charge in [0, 0.05) is 23.2 Å². The maximum absolute atomic E-state index is 12.0. The number of anilines is 1. The Kier molecular flexibility index (Phi) is 4.29. The van der Waals surface area contributed by atoms with E-state index < -0.39 is 0 Å². The van der Waals surface area contributed by atoms with Gasteiger partial charge in [-0.25, -0.2) is 9.67 Å². The topological polar surface area (TPSA) is 76.9 Å². The van der Waals surface area contributed by atoms with Crippen LogP contribution in [0.1, 0.15) is 5.56 Å². The number of carbonyl (C=O) groups excluding carboxylic acids is 1. The predicted molar refractivity (Wildman–Crippen MR) is 89.4 cm³/mol. The molecule has 6 nitrogen and oxygen atoms in total. The Morgan fingerprint density at radius 3 is 2.83 bits per heavy atom. The minimum Gasteiger partial charge on any atom is -0.300 e. The van der Waals surface area contributed by atoms with Gasteiger partial charge in [0.25, 0.3) is 5.56 Å². The van der Waals surface area contributed by atoms with Gasteiger partial charge in [0.05, 0.1) is 5.69 Å². The highest BCUT2D eigenvalue weighted by atomic mass is 32.1. The summed E-state index contributed by atoms with van der Waals surface area (Å²) in [4.78, 5) is 27.9. The summed E-state index contributed by atoms with van der Waals surface area (Å²) in [7, 11) is 0. The van der Waals surface area contributed by atoms with Crippen molar-refractivity contribution >= 4 is 22.4 Å². The second-order valence-corrected chi connectivity index (χ2v) is 5.81. The van der Waals surface area contributed by atoms with Crippen LogP contribution < -0.4 is 10.9 Å². The van der Waals surface area contributed by atoms with Crippen LogP contribution in [-0.4, -0.2) is 20.7 Å². The van der Waals surface area contributed by atoms with Crippen molar-refractivity contribution in [3.8, 4) is 11.3 Å². The lowest BCUT2D eigenvalue weighted by atomic mass is 10.1. The molecule has 0 spiro atoms. The van der Waals surface area contributed by atoms with Crippen LogP contribution in [0.3, 0.4) is 0 Å². The molecule has 0 saturated heterocycles. The van der Waals surface area contributed by atoms with Crippen LogP contribution in [-0.2, 0) is 11.3 Å². The number of aryl methyl sites for hydroxylation is 1. The second kappa shape index (κ2) is 6.53. The fourth-order valence-corrected chi connectivity index (χ4v) is 2.69. The zero-order valence-electron chi connectivity index (χ0n) is 12.4. The number of thiazole rings is 1. The Hall–Kier alpha value is -2.80. The molecule has 1 aromatic carbocycles. The molecule has 2 heterocycles. The summed E-state index contributed by atoms with van der Waals surface area (Å²) in [5.41, 5.74) is 2.32. The SMILES string of the molecule is Cc1ccccc1-c1ccc(=O)n(CC(=O)Nc2nccs2)n1. The second-order valence-electron chi connectivity index (χ2n) is 4.91. The van der Waals surface area contributed by atoms with Gasteiger partial charge in [0.15, 0.2) is 5.13 Å². The number of rotatable bonds is 4. The van der Waals surface area contributed by atoms with E-state index in [0.29, 0.717) is 10.8 Å². The normalized spacial score (nSPS) is 10.5. The van der Waals surface area contributed by atoms with Crippen molar-refractivity contribution in [3.05, 3.63) is 63.9 Å². The summed E-state index contributed by atoms with van der Waals surface area (Å²) in [6, 6.07) is 10.8. The minimum absolute atomic E-state index is 0.155. The van der Waals surface area contributed by atoms with E-state index in [2.05, 4.69) is 15.4 Å². The molecule has 0 aliphatic rings. The van der Waals surface area contributed by atoms with Gasteiger partial charge in [-0.3, -0.25) is 9.59 Å². The molecule has 0 fully saturated rings. The summed E-state index contributed by atoms with van der Waals surface area (Å²) < 4.78 is 1.16. The van der Waals surface area contributed by atoms with Crippen LogP contribution in [0.5, 0.6) is 0 Å². The third-order valence-electron chi connectivity index (χ3n) is 3.26. The number of nitrogens with one attached hydrogen (secondary N) is 1. The summed E-state index contributed by atoms with van der Waals surface area (Å²) in [5, 5.41) is 9.20.